The number of aliphatic imine (C=N–C) groups is 1. The van der Waals surface area contributed by atoms with E-state index in [9.17, 15) is 9.18 Å². The number of amidine groups is 1. The van der Waals surface area contributed by atoms with Gasteiger partial charge in [0.2, 0.25) is 0 Å². The third kappa shape index (κ3) is 5.35. The number of ketones is 1. The summed E-state index contributed by atoms with van der Waals surface area (Å²) < 4.78 is 14.3. The SMILES string of the molecule is C[C@@H]1C[C@@](C)(c2cc(CC(=O)c3ncc(C=C(Cl)Cl)cc3F)ccn2)N=C(N)S1. The summed E-state index contributed by atoms with van der Waals surface area (Å²) in [6.07, 6.45) is 5.08. The number of Topliss-reactive ketones (excluding diaryl/α,β-unsaturated/α-hetero) is 1. The minimum atomic E-state index is -0.727. The van der Waals surface area contributed by atoms with E-state index in [1.807, 2.05) is 13.0 Å². The van der Waals surface area contributed by atoms with Crippen molar-refractivity contribution in [2.45, 2.75) is 37.5 Å². The van der Waals surface area contributed by atoms with Crippen molar-refractivity contribution in [3.8, 4) is 0 Å². The van der Waals surface area contributed by atoms with Gasteiger partial charge in [0.1, 0.15) is 15.7 Å². The molecule has 5 nitrogen and oxygen atoms in total. The average Bonchev–Trinajstić information content (AvgIpc) is 2.60. The van der Waals surface area contributed by atoms with Crippen molar-refractivity contribution in [3.63, 3.8) is 0 Å². The first-order valence-corrected chi connectivity index (χ1v) is 10.5. The van der Waals surface area contributed by atoms with Crippen molar-refractivity contribution in [1.82, 2.24) is 9.97 Å². The van der Waals surface area contributed by atoms with E-state index in [1.165, 1.54) is 30.1 Å². The van der Waals surface area contributed by atoms with Crippen LogP contribution < -0.4 is 5.73 Å². The quantitative estimate of drug-likeness (QED) is 0.654. The summed E-state index contributed by atoms with van der Waals surface area (Å²) in [7, 11) is 0. The van der Waals surface area contributed by atoms with Crippen LogP contribution in [0.15, 0.2) is 40.1 Å². The molecule has 0 saturated heterocycles. The zero-order valence-electron chi connectivity index (χ0n) is 15.8. The highest BCUT2D eigenvalue weighted by Gasteiger charge is 2.34. The molecule has 0 saturated carbocycles. The third-order valence-corrected chi connectivity index (χ3v) is 5.63. The number of hydrogen-bond acceptors (Lipinski definition) is 6. The summed E-state index contributed by atoms with van der Waals surface area (Å²) >= 11 is 12.7. The van der Waals surface area contributed by atoms with Crippen molar-refractivity contribution in [1.29, 1.82) is 0 Å². The third-order valence-electron chi connectivity index (χ3n) is 4.51. The molecule has 2 atom stereocenters. The number of halogens is 3. The molecule has 0 aromatic carbocycles. The topological polar surface area (TPSA) is 81.2 Å². The van der Waals surface area contributed by atoms with E-state index in [4.69, 9.17) is 28.9 Å². The molecule has 1 aliphatic rings. The molecule has 9 heteroatoms. The fraction of sp³-hybridized carbons (Fsp3) is 0.300. The zero-order valence-corrected chi connectivity index (χ0v) is 18.2. The Balaban J connectivity index is 1.83. The summed E-state index contributed by atoms with van der Waals surface area (Å²) in [6.45, 7) is 4.06. The molecule has 3 rings (SSSR count). The van der Waals surface area contributed by atoms with Crippen LogP contribution in [0.1, 0.15) is 47.6 Å². The summed E-state index contributed by atoms with van der Waals surface area (Å²) in [4.78, 5) is 25.5. The molecule has 152 valence electrons. The van der Waals surface area contributed by atoms with Crippen LogP contribution in [-0.4, -0.2) is 26.2 Å². The van der Waals surface area contributed by atoms with Crippen LogP contribution >= 0.6 is 35.0 Å². The summed E-state index contributed by atoms with van der Waals surface area (Å²) in [5.41, 5.74) is 6.96. The van der Waals surface area contributed by atoms with Crippen molar-refractivity contribution in [2.75, 3.05) is 0 Å². The molecule has 2 N–H and O–H groups in total. The van der Waals surface area contributed by atoms with E-state index in [2.05, 4.69) is 21.9 Å². The van der Waals surface area contributed by atoms with Crippen LogP contribution in [0.25, 0.3) is 6.08 Å². The molecule has 0 radical (unpaired) electrons. The molecular weight excluding hydrogens is 434 g/mol. The Hall–Kier alpha value is -1.96. The van der Waals surface area contributed by atoms with Crippen molar-refractivity contribution in [2.24, 2.45) is 10.7 Å². The number of hydrogen-bond donors (Lipinski definition) is 1. The molecule has 2 aromatic heterocycles. The monoisotopic (exact) mass is 452 g/mol. The Morgan fingerprint density at radius 3 is 2.83 bits per heavy atom. The fourth-order valence-corrected chi connectivity index (χ4v) is 4.62. The smallest absolute Gasteiger partial charge is 0.188 e. The van der Waals surface area contributed by atoms with Gasteiger partial charge in [-0.15, -0.1) is 0 Å². The number of pyridine rings is 2. The Kier molecular flexibility index (Phi) is 6.61. The molecule has 0 amide bonds. The molecule has 3 heterocycles. The fourth-order valence-electron chi connectivity index (χ4n) is 3.30. The van der Waals surface area contributed by atoms with Crippen molar-refractivity contribution in [3.05, 3.63) is 63.4 Å². The van der Waals surface area contributed by atoms with Gasteiger partial charge < -0.3 is 5.73 Å². The maximum absolute atomic E-state index is 14.3. The Labute approximate surface area is 182 Å². The number of carbonyl (C=O) groups excluding carboxylic acids is 1. The van der Waals surface area contributed by atoms with Crippen LogP contribution in [0.4, 0.5) is 4.39 Å². The Morgan fingerprint density at radius 1 is 1.41 bits per heavy atom. The minimum absolute atomic E-state index is 0.00946. The van der Waals surface area contributed by atoms with Crippen LogP contribution in [0, 0.1) is 5.82 Å². The number of nitrogens with zero attached hydrogens (tertiary/aromatic N) is 3. The van der Waals surface area contributed by atoms with Gasteiger partial charge >= 0.3 is 0 Å². The Morgan fingerprint density at radius 2 is 2.17 bits per heavy atom. The molecule has 0 aliphatic carbocycles. The number of aromatic nitrogens is 2. The molecule has 0 fully saturated rings. The van der Waals surface area contributed by atoms with Gasteiger partial charge in [-0.1, -0.05) is 41.9 Å². The first kappa shape index (κ1) is 21.7. The zero-order chi connectivity index (χ0) is 21.2. The van der Waals surface area contributed by atoms with E-state index in [1.54, 1.807) is 12.3 Å². The second-order valence-electron chi connectivity index (χ2n) is 7.04. The molecule has 1 aliphatic heterocycles. The average molecular weight is 453 g/mol. The highest BCUT2D eigenvalue weighted by atomic mass is 35.5. The van der Waals surface area contributed by atoms with Crippen molar-refractivity contribution < 1.29 is 9.18 Å². The number of rotatable bonds is 5. The second kappa shape index (κ2) is 8.81. The molecule has 0 spiro atoms. The maximum Gasteiger partial charge on any atom is 0.188 e. The number of nitrogens with two attached hydrogens (primary N) is 1. The largest absolute Gasteiger partial charge is 0.379 e. The van der Waals surface area contributed by atoms with E-state index < -0.39 is 17.1 Å². The lowest BCUT2D eigenvalue weighted by Crippen LogP contribution is -2.33. The minimum Gasteiger partial charge on any atom is -0.379 e. The highest BCUT2D eigenvalue weighted by molar-refractivity contribution is 8.14. The van der Waals surface area contributed by atoms with Gasteiger partial charge in [-0.25, -0.2) is 14.4 Å². The van der Waals surface area contributed by atoms with E-state index >= 15 is 0 Å². The molecule has 0 unspecified atom stereocenters. The van der Waals surface area contributed by atoms with Gasteiger partial charge in [-0.2, -0.15) is 0 Å². The van der Waals surface area contributed by atoms with E-state index in [0.717, 1.165) is 12.1 Å². The van der Waals surface area contributed by atoms with Gasteiger partial charge in [-0.05, 0) is 48.7 Å². The first-order valence-electron chi connectivity index (χ1n) is 8.85. The van der Waals surface area contributed by atoms with Gasteiger partial charge in [0.25, 0.3) is 0 Å². The van der Waals surface area contributed by atoms with Gasteiger partial charge in [0.05, 0.1) is 5.69 Å². The maximum atomic E-state index is 14.3. The van der Waals surface area contributed by atoms with Crippen LogP contribution in [-0.2, 0) is 12.0 Å². The van der Waals surface area contributed by atoms with Crippen LogP contribution in [0.5, 0.6) is 0 Å². The van der Waals surface area contributed by atoms with Gasteiger partial charge in [-0.3, -0.25) is 9.78 Å². The molecule has 29 heavy (non-hydrogen) atoms. The standard InChI is InChI=1S/C20H19Cl2FN4OS/c1-11-9-20(2,27-19(24)29-11)16-7-12(3-4-25-16)6-15(28)18-14(23)5-13(10-26-18)8-17(21)22/h3-5,7-8,10-11H,6,9H2,1-2H3,(H2,24,27)/t11-,20+/m1/s1. The lowest BCUT2D eigenvalue weighted by atomic mass is 9.90. The van der Waals surface area contributed by atoms with Crippen LogP contribution in [0.3, 0.4) is 0 Å². The summed E-state index contributed by atoms with van der Waals surface area (Å²) in [6, 6.07) is 4.71. The second-order valence-corrected chi connectivity index (χ2v) is 9.51. The predicted octanol–water partition coefficient (Wildman–Crippen LogP) is 4.87. The number of carbonyl (C=O) groups is 1. The molecule has 0 bridgehead atoms. The van der Waals surface area contributed by atoms with E-state index in [0.29, 0.717) is 21.5 Å². The molecule has 2 aromatic rings. The highest BCUT2D eigenvalue weighted by Crippen LogP contribution is 2.38. The van der Waals surface area contributed by atoms with Gasteiger partial charge in [0, 0.05) is 24.1 Å². The lowest BCUT2D eigenvalue weighted by molar-refractivity contribution is 0.0984. The van der Waals surface area contributed by atoms with Crippen molar-refractivity contribution >= 4 is 52.0 Å². The predicted molar refractivity (Wildman–Crippen MR) is 117 cm³/mol. The Bertz CT molecular complexity index is 1010. The van der Waals surface area contributed by atoms with E-state index in [-0.39, 0.29) is 16.6 Å². The first-order chi connectivity index (χ1) is 13.7. The number of thioether (sulfide) groups is 1. The normalized spacial score (nSPS) is 21.4. The summed E-state index contributed by atoms with van der Waals surface area (Å²) in [5.74, 6) is -1.16. The molecular formula is C20H19Cl2FN4OS. The lowest BCUT2D eigenvalue weighted by Gasteiger charge is -2.32. The van der Waals surface area contributed by atoms with Gasteiger partial charge in [0.15, 0.2) is 16.8 Å². The summed E-state index contributed by atoms with van der Waals surface area (Å²) in [5, 5.41) is 0.823. The van der Waals surface area contributed by atoms with Crippen LogP contribution in [0.2, 0.25) is 0 Å².